The molecule has 22 heavy (non-hydrogen) atoms. The van der Waals surface area contributed by atoms with Crippen LogP contribution in [0.15, 0.2) is 48.8 Å². The van der Waals surface area contributed by atoms with E-state index in [1.807, 2.05) is 31.2 Å². The van der Waals surface area contributed by atoms with Crippen molar-refractivity contribution in [2.45, 2.75) is 6.92 Å². The lowest BCUT2D eigenvalue weighted by Gasteiger charge is -2.00. The molecule has 0 saturated heterocycles. The smallest absolute Gasteiger partial charge is 0.185 e. The summed E-state index contributed by atoms with van der Waals surface area (Å²) < 4.78 is 5.27. The predicted molar refractivity (Wildman–Crippen MR) is 87.2 cm³/mol. The number of benzene rings is 1. The third-order valence-corrected chi connectivity index (χ3v) is 3.61. The van der Waals surface area contributed by atoms with Gasteiger partial charge >= 0.3 is 0 Å². The molecule has 0 atom stereocenters. The van der Waals surface area contributed by atoms with E-state index in [9.17, 15) is 4.79 Å². The van der Waals surface area contributed by atoms with Crippen molar-refractivity contribution in [1.82, 2.24) is 9.97 Å². The zero-order valence-electron chi connectivity index (χ0n) is 12.5. The molecule has 1 aromatic carbocycles. The van der Waals surface area contributed by atoms with Gasteiger partial charge in [0.1, 0.15) is 5.75 Å². The molecule has 0 radical (unpaired) electrons. The van der Waals surface area contributed by atoms with Gasteiger partial charge in [-0.1, -0.05) is 0 Å². The number of methoxy groups -OCH3 is 1. The SMILES string of the molecule is COc1ccc2[nH]c(C)c(C=CC(=O)c3ccncc3)c2c1. The summed E-state index contributed by atoms with van der Waals surface area (Å²) in [6, 6.07) is 9.27. The number of pyridine rings is 1. The number of allylic oxidation sites excluding steroid dienone is 1. The summed E-state index contributed by atoms with van der Waals surface area (Å²) in [6.45, 7) is 1.99. The van der Waals surface area contributed by atoms with Gasteiger partial charge in [0.25, 0.3) is 0 Å². The first-order valence-corrected chi connectivity index (χ1v) is 6.98. The zero-order chi connectivity index (χ0) is 15.5. The number of carbonyl (C=O) groups excluding carboxylic acids is 1. The van der Waals surface area contributed by atoms with Crippen LogP contribution in [-0.2, 0) is 0 Å². The van der Waals surface area contributed by atoms with Gasteiger partial charge < -0.3 is 9.72 Å². The van der Waals surface area contributed by atoms with E-state index in [1.165, 1.54) is 0 Å². The summed E-state index contributed by atoms with van der Waals surface area (Å²) in [6.07, 6.45) is 6.66. The van der Waals surface area contributed by atoms with E-state index < -0.39 is 0 Å². The highest BCUT2D eigenvalue weighted by Crippen LogP contribution is 2.27. The minimum absolute atomic E-state index is 0.0425. The van der Waals surface area contributed by atoms with Gasteiger partial charge in [-0.05, 0) is 49.4 Å². The molecule has 2 aromatic heterocycles. The monoisotopic (exact) mass is 292 g/mol. The Morgan fingerprint density at radius 3 is 2.73 bits per heavy atom. The molecule has 3 rings (SSSR count). The highest BCUT2D eigenvalue weighted by Gasteiger charge is 2.08. The fourth-order valence-electron chi connectivity index (χ4n) is 2.44. The lowest BCUT2D eigenvalue weighted by atomic mass is 10.1. The van der Waals surface area contributed by atoms with Crippen LogP contribution in [-0.4, -0.2) is 22.9 Å². The summed E-state index contributed by atoms with van der Waals surface area (Å²) in [5.41, 5.74) is 3.66. The maximum atomic E-state index is 12.2. The highest BCUT2D eigenvalue weighted by molar-refractivity contribution is 6.08. The number of rotatable bonds is 4. The van der Waals surface area contributed by atoms with E-state index >= 15 is 0 Å². The summed E-state index contributed by atoms with van der Waals surface area (Å²) in [4.78, 5) is 19.4. The van der Waals surface area contributed by atoms with Crippen LogP contribution in [0.3, 0.4) is 0 Å². The second kappa shape index (κ2) is 5.85. The first-order valence-electron chi connectivity index (χ1n) is 6.98. The zero-order valence-corrected chi connectivity index (χ0v) is 12.5. The van der Waals surface area contributed by atoms with Gasteiger partial charge in [0.05, 0.1) is 7.11 Å². The number of nitrogens with one attached hydrogen (secondary N) is 1. The molecule has 0 spiro atoms. The fraction of sp³-hybridized carbons (Fsp3) is 0.111. The van der Waals surface area contributed by atoms with Crippen LogP contribution in [0.4, 0.5) is 0 Å². The van der Waals surface area contributed by atoms with Gasteiger partial charge in [-0.25, -0.2) is 0 Å². The Kier molecular flexibility index (Phi) is 3.74. The summed E-state index contributed by atoms with van der Waals surface area (Å²) in [5, 5.41) is 1.04. The van der Waals surface area contributed by atoms with Crippen molar-refractivity contribution in [3.8, 4) is 5.75 Å². The predicted octanol–water partition coefficient (Wildman–Crippen LogP) is 3.78. The van der Waals surface area contributed by atoms with Crippen LogP contribution in [0.1, 0.15) is 21.6 Å². The van der Waals surface area contributed by atoms with E-state index in [4.69, 9.17) is 4.74 Å². The molecule has 1 N–H and O–H groups in total. The van der Waals surface area contributed by atoms with Crippen molar-refractivity contribution in [2.75, 3.05) is 7.11 Å². The average Bonchev–Trinajstić information content (AvgIpc) is 2.87. The number of hydrogen-bond donors (Lipinski definition) is 1. The molecule has 0 unspecified atom stereocenters. The Balaban J connectivity index is 1.98. The number of aromatic amines is 1. The molecule has 4 nitrogen and oxygen atoms in total. The van der Waals surface area contributed by atoms with Crippen molar-refractivity contribution in [2.24, 2.45) is 0 Å². The van der Waals surface area contributed by atoms with Crippen LogP contribution >= 0.6 is 0 Å². The van der Waals surface area contributed by atoms with Crippen LogP contribution in [0.5, 0.6) is 5.75 Å². The molecule has 0 aliphatic rings. The van der Waals surface area contributed by atoms with Crippen molar-refractivity contribution >= 4 is 22.8 Å². The number of fused-ring (bicyclic) bond motifs is 1. The van der Waals surface area contributed by atoms with Crippen LogP contribution in [0, 0.1) is 6.92 Å². The molecule has 0 saturated carbocycles. The first-order chi connectivity index (χ1) is 10.7. The lowest BCUT2D eigenvalue weighted by Crippen LogP contribution is -1.93. The molecule has 0 amide bonds. The number of ether oxygens (including phenoxy) is 1. The average molecular weight is 292 g/mol. The second-order valence-corrected chi connectivity index (χ2v) is 5.01. The van der Waals surface area contributed by atoms with Gasteiger partial charge in [-0.3, -0.25) is 9.78 Å². The van der Waals surface area contributed by atoms with E-state index in [2.05, 4.69) is 9.97 Å². The minimum Gasteiger partial charge on any atom is -0.497 e. The third kappa shape index (κ3) is 2.63. The van der Waals surface area contributed by atoms with Crippen LogP contribution in [0.25, 0.3) is 17.0 Å². The van der Waals surface area contributed by atoms with Gasteiger partial charge in [0.15, 0.2) is 5.78 Å². The Labute approximate surface area is 128 Å². The molecule has 0 aliphatic carbocycles. The molecular formula is C18H16N2O2. The van der Waals surface area contributed by atoms with E-state index in [0.29, 0.717) is 5.56 Å². The van der Waals surface area contributed by atoms with E-state index in [0.717, 1.165) is 27.9 Å². The first kappa shape index (κ1) is 14.1. The summed E-state index contributed by atoms with van der Waals surface area (Å²) >= 11 is 0. The third-order valence-electron chi connectivity index (χ3n) is 3.61. The number of carbonyl (C=O) groups is 1. The quantitative estimate of drug-likeness (QED) is 0.588. The second-order valence-electron chi connectivity index (χ2n) is 5.01. The Morgan fingerprint density at radius 2 is 2.00 bits per heavy atom. The van der Waals surface area contributed by atoms with Gasteiger partial charge in [-0.15, -0.1) is 0 Å². The molecule has 110 valence electrons. The van der Waals surface area contributed by atoms with E-state index in [-0.39, 0.29) is 5.78 Å². The van der Waals surface area contributed by atoms with Crippen molar-refractivity contribution in [1.29, 1.82) is 0 Å². The van der Waals surface area contributed by atoms with Crippen molar-refractivity contribution in [3.63, 3.8) is 0 Å². The largest absolute Gasteiger partial charge is 0.497 e. The van der Waals surface area contributed by atoms with Crippen molar-refractivity contribution in [3.05, 3.63) is 65.6 Å². The Bertz CT molecular complexity index is 848. The number of aromatic nitrogens is 2. The normalized spacial score (nSPS) is 11.2. The topological polar surface area (TPSA) is 55.0 Å². The molecule has 0 aliphatic heterocycles. The van der Waals surface area contributed by atoms with Crippen LogP contribution < -0.4 is 4.74 Å². The van der Waals surface area contributed by atoms with Crippen molar-refractivity contribution < 1.29 is 9.53 Å². The standard InChI is InChI=1S/C18H16N2O2/c1-12-15(4-6-18(21)13-7-9-19-10-8-13)16-11-14(22-2)3-5-17(16)20-12/h3-11,20H,1-2H3. The maximum absolute atomic E-state index is 12.2. The van der Waals surface area contributed by atoms with Gasteiger partial charge in [0, 0.05) is 40.1 Å². The highest BCUT2D eigenvalue weighted by atomic mass is 16.5. The maximum Gasteiger partial charge on any atom is 0.185 e. The number of hydrogen-bond acceptors (Lipinski definition) is 3. The molecule has 3 aromatic rings. The molecule has 4 heteroatoms. The Morgan fingerprint density at radius 1 is 1.23 bits per heavy atom. The number of H-pyrrole nitrogens is 1. The number of nitrogens with zero attached hydrogens (tertiary/aromatic N) is 1. The summed E-state index contributed by atoms with van der Waals surface area (Å²) in [7, 11) is 1.64. The molecular weight excluding hydrogens is 276 g/mol. The molecule has 0 fully saturated rings. The number of ketones is 1. The lowest BCUT2D eigenvalue weighted by molar-refractivity contribution is 0.104. The fourth-order valence-corrected chi connectivity index (χ4v) is 2.44. The van der Waals surface area contributed by atoms with Gasteiger partial charge in [-0.2, -0.15) is 0 Å². The summed E-state index contributed by atoms with van der Waals surface area (Å²) in [5.74, 6) is 0.751. The van der Waals surface area contributed by atoms with Gasteiger partial charge in [0.2, 0.25) is 0 Å². The molecule has 2 heterocycles. The molecule has 0 bridgehead atoms. The Hall–Kier alpha value is -2.88. The number of aryl methyl sites for hydroxylation is 1. The minimum atomic E-state index is -0.0425. The van der Waals surface area contributed by atoms with Crippen LogP contribution in [0.2, 0.25) is 0 Å². The van der Waals surface area contributed by atoms with E-state index in [1.54, 1.807) is 37.7 Å².